The SMILES string of the molecule is CSc1ncc(-c2cccc3c(N)nn(C)c23)c([C@H](Cc2cc(F)cc(F)c2)NCl)n1. The van der Waals surface area contributed by atoms with Crippen molar-refractivity contribution in [3.05, 3.63) is 65.5 Å². The summed E-state index contributed by atoms with van der Waals surface area (Å²) in [6, 6.07) is 8.57. The first-order valence-corrected chi connectivity index (χ1v) is 10.9. The van der Waals surface area contributed by atoms with Crippen LogP contribution in [0.5, 0.6) is 0 Å². The molecule has 2 aromatic carbocycles. The summed E-state index contributed by atoms with van der Waals surface area (Å²) >= 11 is 7.48. The van der Waals surface area contributed by atoms with Crippen LogP contribution in [0.4, 0.5) is 14.6 Å². The Balaban J connectivity index is 1.88. The zero-order valence-electron chi connectivity index (χ0n) is 16.7. The highest BCUT2D eigenvalue weighted by molar-refractivity contribution is 7.98. The maximum absolute atomic E-state index is 13.7. The summed E-state index contributed by atoms with van der Waals surface area (Å²) in [7, 11) is 1.81. The number of hydrogen-bond donors (Lipinski definition) is 2. The van der Waals surface area contributed by atoms with E-state index in [-0.39, 0.29) is 6.42 Å². The van der Waals surface area contributed by atoms with Gasteiger partial charge in [-0.1, -0.05) is 23.9 Å². The minimum Gasteiger partial charge on any atom is -0.382 e. The quantitative estimate of drug-likeness (QED) is 0.248. The van der Waals surface area contributed by atoms with Crippen molar-refractivity contribution in [2.75, 3.05) is 12.0 Å². The first kappa shape index (κ1) is 21.5. The minimum atomic E-state index is -0.647. The van der Waals surface area contributed by atoms with Gasteiger partial charge in [-0.2, -0.15) is 5.10 Å². The van der Waals surface area contributed by atoms with Crippen LogP contribution < -0.4 is 10.6 Å². The van der Waals surface area contributed by atoms with Crippen molar-refractivity contribution in [1.82, 2.24) is 24.6 Å². The molecule has 1 atom stereocenters. The van der Waals surface area contributed by atoms with E-state index in [1.54, 1.807) is 10.9 Å². The van der Waals surface area contributed by atoms with Gasteiger partial charge in [-0.15, -0.1) is 0 Å². The number of aromatic nitrogens is 4. The fourth-order valence-corrected chi connectivity index (χ4v) is 4.21. The number of rotatable bonds is 6. The zero-order valence-corrected chi connectivity index (χ0v) is 18.3. The van der Waals surface area contributed by atoms with Gasteiger partial charge in [0.2, 0.25) is 0 Å². The summed E-state index contributed by atoms with van der Waals surface area (Å²) in [6.45, 7) is 0. The number of para-hydroxylation sites is 1. The Labute approximate surface area is 186 Å². The Morgan fingerprint density at radius 2 is 1.94 bits per heavy atom. The van der Waals surface area contributed by atoms with Crippen molar-refractivity contribution in [1.29, 1.82) is 0 Å². The molecule has 31 heavy (non-hydrogen) atoms. The van der Waals surface area contributed by atoms with Gasteiger partial charge in [-0.05, 0) is 48.2 Å². The summed E-state index contributed by atoms with van der Waals surface area (Å²) in [6.07, 6.45) is 3.81. The smallest absolute Gasteiger partial charge is 0.187 e. The molecule has 0 saturated heterocycles. The average molecular weight is 461 g/mol. The summed E-state index contributed by atoms with van der Waals surface area (Å²) in [5.74, 6) is -0.873. The molecule has 2 aromatic heterocycles. The number of hydrogen-bond acceptors (Lipinski definition) is 6. The molecular weight excluding hydrogens is 442 g/mol. The molecule has 0 spiro atoms. The highest BCUT2D eigenvalue weighted by Gasteiger charge is 2.22. The molecule has 3 N–H and O–H groups in total. The summed E-state index contributed by atoms with van der Waals surface area (Å²) in [5, 5.41) is 5.68. The normalized spacial score (nSPS) is 12.4. The van der Waals surface area contributed by atoms with Gasteiger partial charge >= 0.3 is 0 Å². The maximum Gasteiger partial charge on any atom is 0.187 e. The van der Waals surface area contributed by atoms with Gasteiger partial charge in [0.25, 0.3) is 0 Å². The van der Waals surface area contributed by atoms with Crippen LogP contribution in [0.25, 0.3) is 22.0 Å². The van der Waals surface area contributed by atoms with E-state index in [0.717, 1.165) is 28.1 Å². The van der Waals surface area contributed by atoms with Gasteiger partial charge in [0, 0.05) is 35.8 Å². The van der Waals surface area contributed by atoms with Crippen LogP contribution in [0.2, 0.25) is 0 Å². The third-order valence-electron chi connectivity index (χ3n) is 4.99. The monoisotopic (exact) mass is 460 g/mol. The second kappa shape index (κ2) is 8.78. The van der Waals surface area contributed by atoms with Crippen LogP contribution in [-0.4, -0.2) is 26.0 Å². The number of anilines is 1. The first-order chi connectivity index (χ1) is 14.9. The fourth-order valence-electron chi connectivity index (χ4n) is 3.68. The standard InChI is InChI=1S/C21H19ClF2N6S/c1-30-19-14(4-3-5-15(19)20(25)29-30)16-10-26-21(31-2)27-18(16)17(28-22)8-11-6-12(23)9-13(24)7-11/h3-7,9-10,17,28H,8H2,1-2H3,(H2,25,29)/t17-/m0/s1. The van der Waals surface area contributed by atoms with Gasteiger partial charge in [-0.25, -0.2) is 23.6 Å². The highest BCUT2D eigenvalue weighted by Crippen LogP contribution is 2.35. The van der Waals surface area contributed by atoms with Gasteiger partial charge < -0.3 is 5.73 Å². The molecule has 0 fully saturated rings. The number of nitrogen functional groups attached to an aromatic ring is 1. The predicted octanol–water partition coefficient (Wildman–Crippen LogP) is 4.64. The third-order valence-corrected chi connectivity index (χ3v) is 5.81. The minimum absolute atomic E-state index is 0.222. The van der Waals surface area contributed by atoms with Crippen molar-refractivity contribution in [2.45, 2.75) is 17.6 Å². The summed E-state index contributed by atoms with van der Waals surface area (Å²) in [4.78, 5) is 11.8. The zero-order chi connectivity index (χ0) is 22.1. The van der Waals surface area contributed by atoms with E-state index in [1.807, 2.05) is 31.5 Å². The van der Waals surface area contributed by atoms with Gasteiger partial charge in [-0.3, -0.25) is 4.68 Å². The molecular formula is C21H19ClF2N6S. The summed E-state index contributed by atoms with van der Waals surface area (Å²) < 4.78 is 29.2. The Bertz CT molecular complexity index is 1240. The van der Waals surface area contributed by atoms with E-state index in [1.165, 1.54) is 23.9 Å². The number of benzene rings is 2. The van der Waals surface area contributed by atoms with E-state index in [0.29, 0.717) is 22.2 Å². The topological polar surface area (TPSA) is 81.6 Å². The van der Waals surface area contributed by atoms with E-state index in [4.69, 9.17) is 17.5 Å². The predicted molar refractivity (Wildman–Crippen MR) is 120 cm³/mol. The van der Waals surface area contributed by atoms with Crippen molar-refractivity contribution in [3.8, 4) is 11.1 Å². The second-order valence-electron chi connectivity index (χ2n) is 7.01. The molecule has 0 unspecified atom stereocenters. The lowest BCUT2D eigenvalue weighted by Crippen LogP contribution is -2.18. The van der Waals surface area contributed by atoms with Gasteiger partial charge in [0.1, 0.15) is 11.6 Å². The molecule has 0 aliphatic rings. The van der Waals surface area contributed by atoms with Gasteiger partial charge in [0.15, 0.2) is 11.0 Å². The average Bonchev–Trinajstić information content (AvgIpc) is 3.05. The molecule has 0 radical (unpaired) electrons. The molecule has 0 saturated carbocycles. The van der Waals surface area contributed by atoms with Crippen LogP contribution in [0.1, 0.15) is 17.3 Å². The number of aryl methyl sites for hydroxylation is 1. The van der Waals surface area contributed by atoms with Crippen LogP contribution in [0, 0.1) is 11.6 Å². The van der Waals surface area contributed by atoms with E-state index in [9.17, 15) is 8.78 Å². The number of nitrogens with one attached hydrogen (secondary N) is 1. The lowest BCUT2D eigenvalue weighted by molar-refractivity contribution is 0.571. The Morgan fingerprint density at radius 1 is 1.19 bits per heavy atom. The van der Waals surface area contributed by atoms with Gasteiger partial charge in [0.05, 0.1) is 17.3 Å². The molecule has 4 aromatic rings. The number of thioether (sulfide) groups is 1. The molecule has 10 heteroatoms. The number of nitrogens with two attached hydrogens (primary N) is 1. The molecule has 0 aliphatic heterocycles. The Kier molecular flexibility index (Phi) is 6.08. The molecule has 4 rings (SSSR count). The van der Waals surface area contributed by atoms with Crippen LogP contribution >= 0.6 is 23.5 Å². The molecule has 160 valence electrons. The van der Waals surface area contributed by atoms with Crippen molar-refractivity contribution in [3.63, 3.8) is 0 Å². The molecule has 6 nitrogen and oxygen atoms in total. The van der Waals surface area contributed by atoms with Crippen molar-refractivity contribution >= 4 is 40.3 Å². The molecule has 2 heterocycles. The Morgan fingerprint density at radius 3 is 2.61 bits per heavy atom. The van der Waals surface area contributed by atoms with E-state index >= 15 is 0 Å². The van der Waals surface area contributed by atoms with Crippen molar-refractivity contribution in [2.24, 2.45) is 7.05 Å². The van der Waals surface area contributed by atoms with E-state index in [2.05, 4.69) is 19.9 Å². The molecule has 0 amide bonds. The van der Waals surface area contributed by atoms with Crippen LogP contribution in [0.3, 0.4) is 0 Å². The van der Waals surface area contributed by atoms with Crippen LogP contribution in [-0.2, 0) is 13.5 Å². The Hall–Kier alpha value is -2.75. The molecule has 0 aliphatic carbocycles. The molecule has 0 bridgehead atoms. The maximum atomic E-state index is 13.7. The van der Waals surface area contributed by atoms with Crippen LogP contribution in [0.15, 0.2) is 47.8 Å². The van der Waals surface area contributed by atoms with E-state index < -0.39 is 17.7 Å². The summed E-state index contributed by atoms with van der Waals surface area (Å²) in [5.41, 5.74) is 9.49. The fraction of sp³-hybridized carbons (Fsp3) is 0.190. The largest absolute Gasteiger partial charge is 0.382 e. The lowest BCUT2D eigenvalue weighted by Gasteiger charge is -2.19. The first-order valence-electron chi connectivity index (χ1n) is 9.35. The highest BCUT2D eigenvalue weighted by atomic mass is 35.5. The second-order valence-corrected chi connectivity index (χ2v) is 8.00. The number of fused-ring (bicyclic) bond motifs is 1. The number of halogens is 3. The lowest BCUT2D eigenvalue weighted by atomic mass is 9.96. The number of nitrogens with zero attached hydrogens (tertiary/aromatic N) is 4. The third kappa shape index (κ3) is 4.21. The van der Waals surface area contributed by atoms with Crippen molar-refractivity contribution < 1.29 is 8.78 Å².